The highest BCUT2D eigenvalue weighted by Crippen LogP contribution is 2.24. The van der Waals surface area contributed by atoms with Crippen molar-refractivity contribution in [3.63, 3.8) is 0 Å². The lowest BCUT2D eigenvalue weighted by Crippen LogP contribution is -2.12. The molecule has 1 aromatic carbocycles. The molecular formula is C17H15N3O4. The Kier molecular flexibility index (Phi) is 4.42. The van der Waals surface area contributed by atoms with Crippen molar-refractivity contribution in [3.8, 4) is 23.0 Å². The lowest BCUT2D eigenvalue weighted by atomic mass is 10.1. The molecule has 0 aliphatic heterocycles. The van der Waals surface area contributed by atoms with Crippen LogP contribution in [0.3, 0.4) is 0 Å². The molecule has 0 spiro atoms. The molecule has 0 saturated carbocycles. The number of rotatable bonds is 5. The lowest BCUT2D eigenvalue weighted by Gasteiger charge is -2.03. The van der Waals surface area contributed by atoms with Crippen LogP contribution in [0.2, 0.25) is 0 Å². The maximum absolute atomic E-state index is 12.2. The number of hydrogen-bond acceptors (Lipinski definition) is 6. The third-order valence-corrected chi connectivity index (χ3v) is 3.30. The zero-order chi connectivity index (χ0) is 16.9. The fraction of sp³-hybridized carbons (Fsp3) is 0.118. The number of pyridine rings is 1. The van der Waals surface area contributed by atoms with Gasteiger partial charge in [0, 0.05) is 17.7 Å². The van der Waals surface area contributed by atoms with E-state index in [1.807, 2.05) is 18.2 Å². The Morgan fingerprint density at radius 3 is 2.71 bits per heavy atom. The molecule has 3 aromatic rings. The van der Waals surface area contributed by atoms with Crippen molar-refractivity contribution in [3.05, 3.63) is 54.4 Å². The number of hydrogen-bond donors (Lipinski definition) is 1. The van der Waals surface area contributed by atoms with Crippen molar-refractivity contribution in [2.45, 2.75) is 0 Å². The normalized spacial score (nSPS) is 10.2. The Bertz CT molecular complexity index is 843. The molecule has 3 rings (SSSR count). The van der Waals surface area contributed by atoms with Gasteiger partial charge in [0.05, 0.1) is 26.1 Å². The van der Waals surface area contributed by atoms with E-state index < -0.39 is 0 Å². The van der Waals surface area contributed by atoms with E-state index in [4.69, 9.17) is 14.0 Å². The van der Waals surface area contributed by atoms with Gasteiger partial charge < -0.3 is 19.3 Å². The minimum atomic E-state index is -0.389. The van der Waals surface area contributed by atoms with Crippen molar-refractivity contribution < 1.29 is 18.8 Å². The molecule has 122 valence electrons. The quantitative estimate of drug-likeness (QED) is 0.776. The molecule has 0 atom stereocenters. The molecule has 1 N–H and O–H groups in total. The van der Waals surface area contributed by atoms with Gasteiger partial charge in [-0.25, -0.2) is 4.98 Å². The molecule has 0 unspecified atom stereocenters. The lowest BCUT2D eigenvalue weighted by molar-refractivity contribution is 0.101. The average molecular weight is 325 g/mol. The Labute approximate surface area is 138 Å². The third-order valence-electron chi connectivity index (χ3n) is 3.30. The van der Waals surface area contributed by atoms with E-state index in [1.54, 1.807) is 31.4 Å². The number of nitrogens with zero attached hydrogens (tertiary/aromatic N) is 2. The van der Waals surface area contributed by atoms with E-state index in [0.29, 0.717) is 23.1 Å². The van der Waals surface area contributed by atoms with Gasteiger partial charge in [0.15, 0.2) is 11.5 Å². The minimum absolute atomic E-state index is 0.170. The number of aromatic nitrogens is 2. The summed E-state index contributed by atoms with van der Waals surface area (Å²) in [6.07, 6.45) is 1.50. The van der Waals surface area contributed by atoms with Gasteiger partial charge in [-0.15, -0.1) is 0 Å². The zero-order valence-corrected chi connectivity index (χ0v) is 13.1. The van der Waals surface area contributed by atoms with E-state index >= 15 is 0 Å². The van der Waals surface area contributed by atoms with Crippen molar-refractivity contribution in [1.82, 2.24) is 10.1 Å². The van der Waals surface area contributed by atoms with Gasteiger partial charge in [-0.05, 0) is 18.2 Å². The van der Waals surface area contributed by atoms with Crippen LogP contribution >= 0.6 is 0 Å². The highest BCUT2D eigenvalue weighted by atomic mass is 16.5. The van der Waals surface area contributed by atoms with E-state index in [9.17, 15) is 4.79 Å². The summed E-state index contributed by atoms with van der Waals surface area (Å²) in [7, 11) is 3.11. The van der Waals surface area contributed by atoms with Crippen LogP contribution in [0.5, 0.6) is 11.6 Å². The van der Waals surface area contributed by atoms with Gasteiger partial charge in [-0.3, -0.25) is 4.79 Å². The zero-order valence-electron chi connectivity index (χ0n) is 13.1. The molecular weight excluding hydrogens is 310 g/mol. The summed E-state index contributed by atoms with van der Waals surface area (Å²) in [6, 6.07) is 12.2. The van der Waals surface area contributed by atoms with Crippen molar-refractivity contribution in [1.29, 1.82) is 0 Å². The van der Waals surface area contributed by atoms with E-state index in [2.05, 4.69) is 15.5 Å². The van der Waals surface area contributed by atoms with Gasteiger partial charge >= 0.3 is 0 Å². The molecule has 7 heteroatoms. The fourth-order valence-electron chi connectivity index (χ4n) is 2.06. The average Bonchev–Trinajstić information content (AvgIpc) is 3.13. The van der Waals surface area contributed by atoms with Crippen LogP contribution in [-0.2, 0) is 0 Å². The number of methoxy groups -OCH3 is 2. The summed E-state index contributed by atoms with van der Waals surface area (Å²) in [5.41, 5.74) is 1.47. The fourth-order valence-corrected chi connectivity index (χ4v) is 2.06. The number of benzene rings is 1. The summed E-state index contributed by atoms with van der Waals surface area (Å²) in [5, 5.41) is 6.50. The molecule has 0 aliphatic carbocycles. The summed E-state index contributed by atoms with van der Waals surface area (Å²) < 4.78 is 15.4. The first kappa shape index (κ1) is 15.5. The summed E-state index contributed by atoms with van der Waals surface area (Å²) in [4.78, 5) is 16.2. The topological polar surface area (TPSA) is 86.5 Å². The van der Waals surface area contributed by atoms with Gasteiger partial charge in [0.1, 0.15) is 5.75 Å². The summed E-state index contributed by atoms with van der Waals surface area (Å²) >= 11 is 0. The van der Waals surface area contributed by atoms with Crippen LogP contribution in [0.4, 0.5) is 5.69 Å². The van der Waals surface area contributed by atoms with Gasteiger partial charge in [0.2, 0.25) is 5.88 Å². The predicted octanol–water partition coefficient (Wildman–Crippen LogP) is 3.01. The van der Waals surface area contributed by atoms with Crippen LogP contribution in [-0.4, -0.2) is 30.3 Å². The summed E-state index contributed by atoms with van der Waals surface area (Å²) in [5.74, 6) is 1.25. The first-order valence-corrected chi connectivity index (χ1v) is 7.12. The summed E-state index contributed by atoms with van der Waals surface area (Å²) in [6.45, 7) is 0. The van der Waals surface area contributed by atoms with Crippen LogP contribution in [0, 0.1) is 0 Å². The second-order valence-electron chi connectivity index (χ2n) is 4.85. The van der Waals surface area contributed by atoms with Crippen LogP contribution in [0.15, 0.2) is 53.2 Å². The monoisotopic (exact) mass is 325 g/mol. The van der Waals surface area contributed by atoms with Crippen LogP contribution in [0.1, 0.15) is 10.5 Å². The molecule has 0 aliphatic rings. The second kappa shape index (κ2) is 6.82. The Morgan fingerprint density at radius 1 is 1.12 bits per heavy atom. The first-order valence-electron chi connectivity index (χ1n) is 7.12. The number of carbonyl (C=O) groups is 1. The van der Waals surface area contributed by atoms with Crippen molar-refractivity contribution in [2.75, 3.05) is 19.5 Å². The molecule has 24 heavy (non-hydrogen) atoms. The largest absolute Gasteiger partial charge is 0.497 e. The number of amides is 1. The Morgan fingerprint density at radius 2 is 2.00 bits per heavy atom. The number of anilines is 1. The van der Waals surface area contributed by atoms with E-state index in [-0.39, 0.29) is 11.6 Å². The van der Waals surface area contributed by atoms with Gasteiger partial charge in [0.25, 0.3) is 5.91 Å². The molecule has 7 nitrogen and oxygen atoms in total. The van der Waals surface area contributed by atoms with Gasteiger partial charge in [-0.2, -0.15) is 0 Å². The first-order chi connectivity index (χ1) is 11.7. The van der Waals surface area contributed by atoms with Gasteiger partial charge in [-0.1, -0.05) is 17.3 Å². The standard InChI is InChI=1S/C17H15N3O4/c1-22-13-5-3-4-11(8-13)15-9-14(20-24-15)17(21)19-12-6-7-16(23-2)18-10-12/h3-10H,1-2H3,(H,19,21). The maximum atomic E-state index is 12.2. The highest BCUT2D eigenvalue weighted by Gasteiger charge is 2.14. The number of nitrogens with one attached hydrogen (secondary N) is 1. The van der Waals surface area contributed by atoms with Crippen LogP contribution in [0.25, 0.3) is 11.3 Å². The number of ether oxygens (including phenoxy) is 2. The molecule has 2 heterocycles. The smallest absolute Gasteiger partial charge is 0.277 e. The van der Waals surface area contributed by atoms with E-state index in [0.717, 1.165) is 5.56 Å². The van der Waals surface area contributed by atoms with Crippen molar-refractivity contribution >= 4 is 11.6 Å². The Hall–Kier alpha value is -3.35. The number of carbonyl (C=O) groups excluding carboxylic acids is 1. The minimum Gasteiger partial charge on any atom is -0.497 e. The van der Waals surface area contributed by atoms with Crippen molar-refractivity contribution in [2.24, 2.45) is 0 Å². The van der Waals surface area contributed by atoms with Crippen LogP contribution < -0.4 is 14.8 Å². The maximum Gasteiger partial charge on any atom is 0.277 e. The molecule has 0 saturated heterocycles. The predicted molar refractivity (Wildman–Crippen MR) is 87.2 cm³/mol. The molecule has 0 radical (unpaired) electrons. The third kappa shape index (κ3) is 3.35. The Balaban J connectivity index is 1.75. The SMILES string of the molecule is COc1cccc(-c2cc(C(=O)Nc3ccc(OC)nc3)no2)c1. The molecule has 0 fully saturated rings. The van der Waals surface area contributed by atoms with E-state index in [1.165, 1.54) is 13.3 Å². The molecule has 1 amide bonds. The molecule has 0 bridgehead atoms. The highest BCUT2D eigenvalue weighted by molar-refractivity contribution is 6.03. The molecule has 2 aromatic heterocycles. The second-order valence-corrected chi connectivity index (χ2v) is 4.85.